The second kappa shape index (κ2) is 7.63. The minimum absolute atomic E-state index is 0.0532. The number of aliphatic carboxylic acids is 1. The number of methoxy groups -OCH3 is 1. The average Bonchev–Trinajstić information content (AvgIpc) is 2.42. The molecule has 1 aromatic carbocycles. The Kier molecular flexibility index (Phi) is 6.16. The van der Waals surface area contributed by atoms with Gasteiger partial charge in [-0.3, -0.25) is 9.59 Å². The number of benzene rings is 1. The summed E-state index contributed by atoms with van der Waals surface area (Å²) < 4.78 is 4.99. The van der Waals surface area contributed by atoms with Crippen molar-refractivity contribution in [3.05, 3.63) is 28.2 Å². The molecule has 0 saturated heterocycles. The van der Waals surface area contributed by atoms with Crippen LogP contribution in [0.5, 0.6) is 5.75 Å². The first-order valence-corrected chi connectivity index (χ1v) is 6.73. The van der Waals surface area contributed by atoms with Crippen molar-refractivity contribution >= 4 is 33.8 Å². The van der Waals surface area contributed by atoms with Crippen LogP contribution >= 0.6 is 15.9 Å². The lowest BCUT2D eigenvalue weighted by Crippen LogP contribution is -2.41. The SMILES string of the molecule is COC(=O)CCC(NC(=O)c1ccc(Br)cc1O)C(=O)O. The van der Waals surface area contributed by atoms with Gasteiger partial charge in [-0.2, -0.15) is 0 Å². The standard InChI is InChI=1S/C13H14BrNO6/c1-21-11(17)5-4-9(13(19)20)15-12(18)8-3-2-7(14)6-10(8)16/h2-3,6,9,16H,4-5H2,1H3,(H,15,18)(H,19,20). The number of carbonyl (C=O) groups is 3. The van der Waals surface area contributed by atoms with Gasteiger partial charge in [-0.1, -0.05) is 15.9 Å². The third-order valence-corrected chi connectivity index (χ3v) is 3.17. The van der Waals surface area contributed by atoms with E-state index in [4.69, 9.17) is 5.11 Å². The molecule has 8 heteroatoms. The van der Waals surface area contributed by atoms with Gasteiger partial charge in [0.1, 0.15) is 11.8 Å². The number of esters is 1. The Bertz CT molecular complexity index is 560. The molecule has 1 atom stereocenters. The minimum atomic E-state index is -1.27. The Labute approximate surface area is 129 Å². The summed E-state index contributed by atoms with van der Waals surface area (Å²) in [6.45, 7) is 0. The highest BCUT2D eigenvalue weighted by Gasteiger charge is 2.23. The van der Waals surface area contributed by atoms with Gasteiger partial charge in [0.05, 0.1) is 12.7 Å². The Hall–Kier alpha value is -2.09. The maximum atomic E-state index is 11.9. The van der Waals surface area contributed by atoms with Crippen molar-refractivity contribution in [2.45, 2.75) is 18.9 Å². The number of carboxylic acids is 1. The number of nitrogens with one attached hydrogen (secondary N) is 1. The second-order valence-electron chi connectivity index (χ2n) is 4.14. The second-order valence-corrected chi connectivity index (χ2v) is 5.06. The summed E-state index contributed by atoms with van der Waals surface area (Å²) in [6.07, 6.45) is -0.245. The van der Waals surface area contributed by atoms with Crippen molar-refractivity contribution in [3.8, 4) is 5.75 Å². The Morgan fingerprint density at radius 1 is 1.38 bits per heavy atom. The molecule has 21 heavy (non-hydrogen) atoms. The van der Waals surface area contributed by atoms with Gasteiger partial charge >= 0.3 is 11.9 Å². The van der Waals surface area contributed by atoms with E-state index in [0.717, 1.165) is 0 Å². The number of aromatic hydroxyl groups is 1. The minimum Gasteiger partial charge on any atom is -0.507 e. The van der Waals surface area contributed by atoms with Crippen LogP contribution in [0.15, 0.2) is 22.7 Å². The molecular formula is C13H14BrNO6. The lowest BCUT2D eigenvalue weighted by Gasteiger charge is -2.14. The number of carboxylic acid groups (broad SMARTS) is 1. The highest BCUT2D eigenvalue weighted by Crippen LogP contribution is 2.22. The van der Waals surface area contributed by atoms with Crippen LogP contribution in [0.4, 0.5) is 0 Å². The third kappa shape index (κ3) is 5.07. The first-order chi connectivity index (χ1) is 9.85. The Morgan fingerprint density at radius 3 is 2.57 bits per heavy atom. The molecule has 7 nitrogen and oxygen atoms in total. The lowest BCUT2D eigenvalue weighted by molar-refractivity contribution is -0.142. The molecule has 1 aromatic rings. The summed E-state index contributed by atoms with van der Waals surface area (Å²) in [5, 5.41) is 20.9. The number of phenols is 1. The van der Waals surface area contributed by atoms with E-state index in [9.17, 15) is 19.5 Å². The van der Waals surface area contributed by atoms with Gasteiger partial charge in [0.15, 0.2) is 0 Å². The number of hydrogen-bond donors (Lipinski definition) is 3. The number of carbonyl (C=O) groups excluding carboxylic acids is 2. The molecule has 0 spiro atoms. The third-order valence-electron chi connectivity index (χ3n) is 2.67. The van der Waals surface area contributed by atoms with E-state index in [2.05, 4.69) is 26.0 Å². The van der Waals surface area contributed by atoms with E-state index in [0.29, 0.717) is 4.47 Å². The van der Waals surface area contributed by atoms with E-state index >= 15 is 0 Å². The monoisotopic (exact) mass is 359 g/mol. The summed E-state index contributed by atoms with van der Waals surface area (Å²) in [6, 6.07) is 2.96. The van der Waals surface area contributed by atoms with Gasteiger partial charge in [0.25, 0.3) is 5.91 Å². The molecule has 3 N–H and O–H groups in total. The van der Waals surface area contributed by atoms with Gasteiger partial charge in [-0.05, 0) is 24.6 Å². The summed E-state index contributed by atoms with van der Waals surface area (Å²) in [4.78, 5) is 34.0. The normalized spacial score (nSPS) is 11.5. The van der Waals surface area contributed by atoms with Crippen LogP contribution in [0.3, 0.4) is 0 Å². The summed E-state index contributed by atoms with van der Waals surface area (Å²) in [7, 11) is 1.19. The fourth-order valence-electron chi connectivity index (χ4n) is 1.55. The zero-order chi connectivity index (χ0) is 16.0. The van der Waals surface area contributed by atoms with Crippen molar-refractivity contribution in [2.75, 3.05) is 7.11 Å². The largest absolute Gasteiger partial charge is 0.507 e. The van der Waals surface area contributed by atoms with Crippen molar-refractivity contribution in [2.24, 2.45) is 0 Å². The van der Waals surface area contributed by atoms with E-state index < -0.39 is 23.9 Å². The van der Waals surface area contributed by atoms with Crippen LogP contribution < -0.4 is 5.32 Å². The predicted molar refractivity (Wildman–Crippen MR) is 75.9 cm³/mol. The van der Waals surface area contributed by atoms with Crippen LogP contribution in [0.25, 0.3) is 0 Å². The van der Waals surface area contributed by atoms with Crippen LogP contribution in [-0.2, 0) is 14.3 Å². The quantitative estimate of drug-likeness (QED) is 0.659. The Morgan fingerprint density at radius 2 is 2.05 bits per heavy atom. The van der Waals surface area contributed by atoms with Crippen LogP contribution in [0.2, 0.25) is 0 Å². The molecule has 0 aromatic heterocycles. The van der Waals surface area contributed by atoms with Gasteiger partial charge in [-0.25, -0.2) is 4.79 Å². The fraction of sp³-hybridized carbons (Fsp3) is 0.308. The molecule has 0 heterocycles. The van der Waals surface area contributed by atoms with Crippen LogP contribution in [0.1, 0.15) is 23.2 Å². The van der Waals surface area contributed by atoms with E-state index in [-0.39, 0.29) is 24.2 Å². The molecular weight excluding hydrogens is 346 g/mol. The van der Waals surface area contributed by atoms with Crippen LogP contribution in [-0.4, -0.2) is 41.2 Å². The average molecular weight is 360 g/mol. The maximum absolute atomic E-state index is 11.9. The van der Waals surface area contributed by atoms with E-state index in [1.807, 2.05) is 0 Å². The molecule has 0 aliphatic heterocycles. The Balaban J connectivity index is 2.76. The highest BCUT2D eigenvalue weighted by atomic mass is 79.9. The van der Waals surface area contributed by atoms with Gasteiger partial charge in [-0.15, -0.1) is 0 Å². The molecule has 0 fully saturated rings. The number of phenolic OH excluding ortho intramolecular Hbond substituents is 1. The zero-order valence-corrected chi connectivity index (χ0v) is 12.7. The van der Waals surface area contributed by atoms with Crippen molar-refractivity contribution < 1.29 is 29.3 Å². The molecule has 1 unspecified atom stereocenters. The summed E-state index contributed by atoms with van der Waals surface area (Å²) >= 11 is 3.13. The first-order valence-electron chi connectivity index (χ1n) is 5.94. The smallest absolute Gasteiger partial charge is 0.326 e. The number of rotatable bonds is 6. The van der Waals surface area contributed by atoms with Crippen molar-refractivity contribution in [1.29, 1.82) is 0 Å². The van der Waals surface area contributed by atoms with E-state index in [1.165, 1.54) is 19.2 Å². The van der Waals surface area contributed by atoms with Gasteiger partial charge in [0.2, 0.25) is 0 Å². The highest BCUT2D eigenvalue weighted by molar-refractivity contribution is 9.10. The molecule has 0 bridgehead atoms. The van der Waals surface area contributed by atoms with Gasteiger partial charge < -0.3 is 20.3 Å². The zero-order valence-electron chi connectivity index (χ0n) is 11.1. The molecule has 0 aliphatic carbocycles. The summed E-state index contributed by atoms with van der Waals surface area (Å²) in [5.74, 6) is -2.86. The topological polar surface area (TPSA) is 113 Å². The number of hydrogen-bond acceptors (Lipinski definition) is 5. The van der Waals surface area contributed by atoms with Crippen molar-refractivity contribution in [1.82, 2.24) is 5.32 Å². The molecule has 0 radical (unpaired) electrons. The van der Waals surface area contributed by atoms with Crippen LogP contribution in [0, 0.1) is 0 Å². The molecule has 0 aliphatic rings. The fourth-order valence-corrected chi connectivity index (χ4v) is 1.90. The lowest BCUT2D eigenvalue weighted by atomic mass is 10.1. The molecule has 0 saturated carbocycles. The summed E-state index contributed by atoms with van der Waals surface area (Å²) in [5.41, 5.74) is -0.0532. The molecule has 114 valence electrons. The predicted octanol–water partition coefficient (Wildman–Crippen LogP) is 1.29. The van der Waals surface area contributed by atoms with Crippen molar-refractivity contribution in [3.63, 3.8) is 0 Å². The first kappa shape index (κ1) is 17.0. The van der Waals surface area contributed by atoms with E-state index in [1.54, 1.807) is 6.07 Å². The number of halogens is 1. The maximum Gasteiger partial charge on any atom is 0.326 e. The number of amides is 1. The van der Waals surface area contributed by atoms with Gasteiger partial charge in [0, 0.05) is 10.9 Å². The molecule has 1 rings (SSSR count). The number of ether oxygens (including phenoxy) is 1. The molecule has 1 amide bonds.